The molecule has 8 nitrogen and oxygen atoms in total. The molecule has 144 valence electrons. The van der Waals surface area contributed by atoms with E-state index in [0.717, 1.165) is 11.3 Å². The highest BCUT2D eigenvalue weighted by Gasteiger charge is 2.19. The van der Waals surface area contributed by atoms with Crippen LogP contribution in [0.25, 0.3) is 0 Å². The number of hydrogen-bond donors (Lipinski definition) is 1. The van der Waals surface area contributed by atoms with Gasteiger partial charge in [-0.15, -0.1) is 0 Å². The molecule has 2 aromatic carbocycles. The first-order valence-corrected chi connectivity index (χ1v) is 8.79. The molecule has 1 N–H and O–H groups in total. The number of benzene rings is 2. The quantitative estimate of drug-likeness (QED) is 0.496. The highest BCUT2D eigenvalue weighted by molar-refractivity contribution is 6.04. The van der Waals surface area contributed by atoms with Crippen LogP contribution in [0, 0.1) is 17.0 Å². The first-order chi connectivity index (χ1) is 13.5. The second-order valence-corrected chi connectivity index (χ2v) is 6.14. The van der Waals surface area contributed by atoms with E-state index in [1.54, 1.807) is 17.7 Å². The number of rotatable bonds is 7. The van der Waals surface area contributed by atoms with Crippen molar-refractivity contribution in [3.63, 3.8) is 0 Å². The third kappa shape index (κ3) is 4.35. The standard InChI is InChI=1S/C20H20N4O4/c1-3-28-18-10-9-16(12-17(18)24(26)27)20(25)21-19-11-14(2)22-23(19)13-15-7-5-4-6-8-15/h4-12H,3,13H2,1-2H3,(H,21,25). The lowest BCUT2D eigenvalue weighted by atomic mass is 10.1. The van der Waals surface area contributed by atoms with Gasteiger partial charge in [-0.05, 0) is 31.5 Å². The molecule has 0 bridgehead atoms. The van der Waals surface area contributed by atoms with Gasteiger partial charge in [-0.1, -0.05) is 30.3 Å². The SMILES string of the molecule is CCOc1ccc(C(=O)Nc2cc(C)nn2Cc2ccccc2)cc1[N+](=O)[O-]. The normalized spacial score (nSPS) is 10.5. The van der Waals surface area contributed by atoms with Gasteiger partial charge in [0.05, 0.1) is 23.8 Å². The van der Waals surface area contributed by atoms with Gasteiger partial charge in [0.1, 0.15) is 5.82 Å². The predicted octanol–water partition coefficient (Wildman–Crippen LogP) is 3.80. The minimum absolute atomic E-state index is 0.133. The molecule has 3 aromatic rings. The van der Waals surface area contributed by atoms with Crippen LogP contribution in [-0.2, 0) is 6.54 Å². The summed E-state index contributed by atoms with van der Waals surface area (Å²) in [7, 11) is 0. The summed E-state index contributed by atoms with van der Waals surface area (Å²) in [5, 5.41) is 18.5. The molecule has 1 aromatic heterocycles. The molecule has 0 saturated carbocycles. The van der Waals surface area contributed by atoms with Crippen LogP contribution in [0.3, 0.4) is 0 Å². The number of ether oxygens (including phenoxy) is 1. The second kappa shape index (κ2) is 8.34. The highest BCUT2D eigenvalue weighted by Crippen LogP contribution is 2.28. The molecule has 28 heavy (non-hydrogen) atoms. The zero-order valence-electron chi connectivity index (χ0n) is 15.6. The summed E-state index contributed by atoms with van der Waals surface area (Å²) in [6, 6.07) is 15.6. The molecule has 0 aliphatic carbocycles. The third-order valence-corrected chi connectivity index (χ3v) is 4.04. The summed E-state index contributed by atoms with van der Waals surface area (Å²) in [6.45, 7) is 4.36. The molecule has 1 amide bonds. The van der Waals surface area contributed by atoms with Gasteiger partial charge in [-0.2, -0.15) is 5.10 Å². The third-order valence-electron chi connectivity index (χ3n) is 4.04. The lowest BCUT2D eigenvalue weighted by Crippen LogP contribution is -2.16. The minimum atomic E-state index is -0.564. The number of nitrogens with zero attached hydrogens (tertiary/aromatic N) is 3. The number of nitro groups is 1. The number of aryl methyl sites for hydroxylation is 1. The number of nitro benzene ring substituents is 1. The molecule has 0 unspecified atom stereocenters. The van der Waals surface area contributed by atoms with Gasteiger partial charge in [0.15, 0.2) is 5.75 Å². The molecule has 1 heterocycles. The zero-order chi connectivity index (χ0) is 20.1. The van der Waals surface area contributed by atoms with Crippen molar-refractivity contribution >= 4 is 17.4 Å². The maximum absolute atomic E-state index is 12.7. The maximum atomic E-state index is 12.7. The number of anilines is 1. The van der Waals surface area contributed by atoms with Crippen LogP contribution in [0.2, 0.25) is 0 Å². The van der Waals surface area contributed by atoms with Crippen LogP contribution in [-0.4, -0.2) is 27.2 Å². The van der Waals surface area contributed by atoms with Crippen LogP contribution < -0.4 is 10.1 Å². The molecule has 0 aliphatic rings. The summed E-state index contributed by atoms with van der Waals surface area (Å²) in [5.41, 5.74) is 1.71. The Kier molecular flexibility index (Phi) is 5.69. The smallest absolute Gasteiger partial charge is 0.311 e. The topological polar surface area (TPSA) is 99.3 Å². The summed E-state index contributed by atoms with van der Waals surface area (Å²) in [6.07, 6.45) is 0. The monoisotopic (exact) mass is 380 g/mol. The average molecular weight is 380 g/mol. The molecular formula is C20H20N4O4. The summed E-state index contributed by atoms with van der Waals surface area (Å²) in [4.78, 5) is 23.4. The van der Waals surface area contributed by atoms with Gasteiger partial charge >= 0.3 is 5.69 Å². The van der Waals surface area contributed by atoms with Crippen molar-refractivity contribution in [3.8, 4) is 5.75 Å². The highest BCUT2D eigenvalue weighted by atomic mass is 16.6. The van der Waals surface area contributed by atoms with E-state index in [2.05, 4.69) is 10.4 Å². The fourth-order valence-electron chi connectivity index (χ4n) is 2.79. The van der Waals surface area contributed by atoms with Gasteiger partial charge in [0.2, 0.25) is 0 Å². The molecule has 0 radical (unpaired) electrons. The van der Waals surface area contributed by atoms with Crippen LogP contribution in [0.5, 0.6) is 5.75 Å². The van der Waals surface area contributed by atoms with Crippen molar-refractivity contribution < 1.29 is 14.5 Å². The van der Waals surface area contributed by atoms with Crippen molar-refractivity contribution in [3.05, 3.63) is 81.5 Å². The van der Waals surface area contributed by atoms with Gasteiger partial charge in [-0.25, -0.2) is 4.68 Å². The summed E-state index contributed by atoms with van der Waals surface area (Å²) >= 11 is 0. The predicted molar refractivity (Wildman–Crippen MR) is 105 cm³/mol. The first kappa shape index (κ1) is 19.1. The summed E-state index contributed by atoms with van der Waals surface area (Å²) in [5.74, 6) is 0.192. The van der Waals surface area contributed by atoms with E-state index in [0.29, 0.717) is 19.0 Å². The Hall–Kier alpha value is -3.68. The van der Waals surface area contributed by atoms with Gasteiger partial charge < -0.3 is 10.1 Å². The van der Waals surface area contributed by atoms with Crippen molar-refractivity contribution in [2.45, 2.75) is 20.4 Å². The minimum Gasteiger partial charge on any atom is -0.487 e. The fourth-order valence-corrected chi connectivity index (χ4v) is 2.79. The Morgan fingerprint density at radius 3 is 2.64 bits per heavy atom. The first-order valence-electron chi connectivity index (χ1n) is 8.79. The van der Waals surface area contributed by atoms with Gasteiger partial charge in [0.25, 0.3) is 5.91 Å². The largest absolute Gasteiger partial charge is 0.487 e. The molecule has 8 heteroatoms. The summed E-state index contributed by atoms with van der Waals surface area (Å²) < 4.78 is 6.94. The Balaban J connectivity index is 1.83. The Labute approximate surface area is 161 Å². The molecule has 0 atom stereocenters. The van der Waals surface area contributed by atoms with E-state index in [4.69, 9.17) is 4.74 Å². The van der Waals surface area contributed by atoms with Crippen LogP contribution in [0.15, 0.2) is 54.6 Å². The molecule has 0 spiro atoms. The molecule has 3 rings (SSSR count). The van der Waals surface area contributed by atoms with Crippen LogP contribution >= 0.6 is 0 Å². The lowest BCUT2D eigenvalue weighted by molar-refractivity contribution is -0.385. The van der Waals surface area contributed by atoms with E-state index in [-0.39, 0.29) is 17.0 Å². The maximum Gasteiger partial charge on any atom is 0.311 e. The van der Waals surface area contributed by atoms with E-state index in [9.17, 15) is 14.9 Å². The van der Waals surface area contributed by atoms with Crippen LogP contribution in [0.1, 0.15) is 28.5 Å². The number of carbonyl (C=O) groups excluding carboxylic acids is 1. The van der Waals surface area contributed by atoms with Crippen molar-refractivity contribution in [2.75, 3.05) is 11.9 Å². The second-order valence-electron chi connectivity index (χ2n) is 6.14. The Bertz CT molecular complexity index is 999. The molecule has 0 aliphatic heterocycles. The van der Waals surface area contributed by atoms with Crippen molar-refractivity contribution in [1.29, 1.82) is 0 Å². The lowest BCUT2D eigenvalue weighted by Gasteiger charge is -2.10. The Morgan fingerprint density at radius 1 is 1.21 bits per heavy atom. The number of aromatic nitrogens is 2. The molecule has 0 fully saturated rings. The number of carbonyl (C=O) groups is 1. The number of hydrogen-bond acceptors (Lipinski definition) is 5. The van der Waals surface area contributed by atoms with E-state index < -0.39 is 10.8 Å². The Morgan fingerprint density at radius 2 is 1.96 bits per heavy atom. The van der Waals surface area contributed by atoms with Crippen molar-refractivity contribution in [1.82, 2.24) is 9.78 Å². The van der Waals surface area contributed by atoms with Crippen molar-refractivity contribution in [2.24, 2.45) is 0 Å². The fraction of sp³-hybridized carbons (Fsp3) is 0.200. The van der Waals surface area contributed by atoms with Gasteiger partial charge in [0, 0.05) is 17.7 Å². The van der Waals surface area contributed by atoms with Crippen LogP contribution in [0.4, 0.5) is 11.5 Å². The number of nitrogens with one attached hydrogen (secondary N) is 1. The number of amides is 1. The molecule has 0 saturated heterocycles. The van der Waals surface area contributed by atoms with E-state index in [1.165, 1.54) is 18.2 Å². The van der Waals surface area contributed by atoms with E-state index >= 15 is 0 Å². The zero-order valence-corrected chi connectivity index (χ0v) is 15.6. The molecular weight excluding hydrogens is 360 g/mol. The average Bonchev–Trinajstić information content (AvgIpc) is 3.01. The van der Waals surface area contributed by atoms with E-state index in [1.807, 2.05) is 37.3 Å². The van der Waals surface area contributed by atoms with Gasteiger partial charge in [-0.3, -0.25) is 14.9 Å².